The molecule has 1 saturated heterocycles. The maximum absolute atomic E-state index is 5.86. The van der Waals surface area contributed by atoms with Crippen LogP contribution in [0.4, 0.5) is 0 Å². The molecule has 5 rings (SSSR count). The minimum absolute atomic E-state index is 0.0766. The van der Waals surface area contributed by atoms with Crippen LogP contribution in [-0.4, -0.2) is 64.0 Å². The van der Waals surface area contributed by atoms with Gasteiger partial charge in [0, 0.05) is 63.6 Å². The minimum Gasteiger partial charge on any atom is -0.374 e. The molecule has 4 heterocycles. The van der Waals surface area contributed by atoms with Crippen LogP contribution in [-0.2, 0) is 11.8 Å². The van der Waals surface area contributed by atoms with Crippen molar-refractivity contribution in [1.82, 2.24) is 35.3 Å². The quantitative estimate of drug-likeness (QED) is 0.656. The largest absolute Gasteiger partial charge is 0.374 e. The van der Waals surface area contributed by atoms with Crippen LogP contribution in [0.15, 0.2) is 49.1 Å². The lowest BCUT2D eigenvalue weighted by Gasteiger charge is -2.37. The van der Waals surface area contributed by atoms with Gasteiger partial charge in [-0.15, -0.1) is 0 Å². The molecule has 31 heavy (non-hydrogen) atoms. The lowest BCUT2D eigenvalue weighted by atomic mass is 10.0. The van der Waals surface area contributed by atoms with Gasteiger partial charge in [0.2, 0.25) is 0 Å². The number of nitrogens with one attached hydrogen (secondary N) is 2. The molecule has 0 aliphatic carbocycles. The first-order valence-electron chi connectivity index (χ1n) is 10.6. The number of aromatic nitrogens is 4. The van der Waals surface area contributed by atoms with Crippen LogP contribution in [0.25, 0.3) is 22.9 Å². The molecule has 2 aliphatic rings. The van der Waals surface area contributed by atoms with E-state index in [9.17, 15) is 0 Å². The third-order valence-electron chi connectivity index (χ3n) is 5.82. The van der Waals surface area contributed by atoms with Gasteiger partial charge >= 0.3 is 0 Å². The van der Waals surface area contributed by atoms with Gasteiger partial charge in [-0.2, -0.15) is 5.10 Å². The van der Waals surface area contributed by atoms with Crippen molar-refractivity contribution in [3.8, 4) is 11.1 Å². The highest BCUT2D eigenvalue weighted by Gasteiger charge is 2.29. The molecule has 0 radical (unpaired) electrons. The van der Waals surface area contributed by atoms with Gasteiger partial charge in [0.1, 0.15) is 11.9 Å². The van der Waals surface area contributed by atoms with E-state index in [0.29, 0.717) is 0 Å². The molecule has 160 valence electrons. The predicted octanol–water partition coefficient (Wildman–Crippen LogP) is 1.90. The van der Waals surface area contributed by atoms with Crippen LogP contribution in [0, 0.1) is 0 Å². The third kappa shape index (κ3) is 4.10. The molecule has 2 aromatic heterocycles. The molecular weight excluding hydrogens is 390 g/mol. The Morgan fingerprint density at radius 2 is 1.90 bits per heavy atom. The Labute approximate surface area is 182 Å². The van der Waals surface area contributed by atoms with Crippen LogP contribution in [0.3, 0.4) is 0 Å². The van der Waals surface area contributed by atoms with Gasteiger partial charge in [-0.25, -0.2) is 0 Å². The third-order valence-corrected chi connectivity index (χ3v) is 5.82. The second-order valence-electron chi connectivity index (χ2n) is 7.96. The van der Waals surface area contributed by atoms with Crippen molar-refractivity contribution in [1.29, 1.82) is 0 Å². The van der Waals surface area contributed by atoms with Gasteiger partial charge in [-0.1, -0.05) is 24.3 Å². The van der Waals surface area contributed by atoms with Gasteiger partial charge in [0.25, 0.3) is 0 Å². The summed E-state index contributed by atoms with van der Waals surface area (Å²) in [6.07, 6.45) is 9.58. The smallest absolute Gasteiger partial charge is 0.125 e. The molecule has 8 heteroatoms. The Hall–Kier alpha value is -3.07. The molecule has 0 saturated carbocycles. The summed E-state index contributed by atoms with van der Waals surface area (Å²) in [6, 6.07) is 8.57. The summed E-state index contributed by atoms with van der Waals surface area (Å²) in [5.74, 6) is 0. The summed E-state index contributed by atoms with van der Waals surface area (Å²) in [6.45, 7) is 3.26. The highest BCUT2D eigenvalue weighted by Crippen LogP contribution is 2.34. The maximum Gasteiger partial charge on any atom is 0.125 e. The average Bonchev–Trinajstić information content (AvgIpc) is 3.25. The van der Waals surface area contributed by atoms with Gasteiger partial charge < -0.3 is 15.0 Å². The fourth-order valence-corrected chi connectivity index (χ4v) is 4.15. The van der Waals surface area contributed by atoms with E-state index < -0.39 is 0 Å². The highest BCUT2D eigenvalue weighted by atomic mass is 16.5. The number of fused-ring (bicyclic) bond motifs is 1. The zero-order chi connectivity index (χ0) is 21.2. The standard InChI is InChI=1S/C23H27N7O/c1-29-15-18(12-28-29)16-3-5-17(6-4-16)21-11-20-22(26-8-7-25-20)23(30(21)2)27-14-19-13-24-9-10-31-19/h3-8,11-12,15,19,23-24,27H,9-10,13-14H2,1-2H3/t19-,23?/m0/s1. The second-order valence-corrected chi connectivity index (χ2v) is 7.96. The van der Waals surface area contributed by atoms with Crippen LogP contribution in [0.5, 0.6) is 0 Å². The van der Waals surface area contributed by atoms with E-state index in [0.717, 1.165) is 60.0 Å². The van der Waals surface area contributed by atoms with Gasteiger partial charge in [0.05, 0.1) is 24.6 Å². The summed E-state index contributed by atoms with van der Waals surface area (Å²) < 4.78 is 7.68. The van der Waals surface area contributed by atoms with Crippen LogP contribution < -0.4 is 10.6 Å². The van der Waals surface area contributed by atoms with E-state index >= 15 is 0 Å². The normalized spacial score (nSPS) is 21.0. The van der Waals surface area contributed by atoms with E-state index in [1.54, 1.807) is 12.4 Å². The average molecular weight is 418 g/mol. The second kappa shape index (κ2) is 8.58. The number of ether oxygens (including phenoxy) is 1. The van der Waals surface area contributed by atoms with E-state index in [-0.39, 0.29) is 12.3 Å². The topological polar surface area (TPSA) is 80.1 Å². The number of rotatable bonds is 5. The molecule has 0 spiro atoms. The molecule has 3 aromatic rings. The summed E-state index contributed by atoms with van der Waals surface area (Å²) >= 11 is 0. The van der Waals surface area contributed by atoms with E-state index in [2.05, 4.69) is 68.0 Å². The lowest BCUT2D eigenvalue weighted by Crippen LogP contribution is -2.47. The SMILES string of the molecule is CN1C(c2ccc(-c3cnn(C)c3)cc2)=Cc2nccnc2C1NC[C@@H]1CNCCO1. The molecule has 0 amide bonds. The summed E-state index contributed by atoms with van der Waals surface area (Å²) in [7, 11) is 4.02. The van der Waals surface area contributed by atoms with Crippen molar-refractivity contribution >= 4 is 11.8 Å². The first-order valence-corrected chi connectivity index (χ1v) is 10.6. The van der Waals surface area contributed by atoms with Gasteiger partial charge in [-0.3, -0.25) is 20.0 Å². The lowest BCUT2D eigenvalue weighted by molar-refractivity contribution is 0.0244. The van der Waals surface area contributed by atoms with Gasteiger partial charge in [-0.05, 0) is 17.2 Å². The van der Waals surface area contributed by atoms with Crippen molar-refractivity contribution < 1.29 is 4.74 Å². The molecule has 1 fully saturated rings. The van der Waals surface area contributed by atoms with Crippen molar-refractivity contribution in [3.05, 3.63) is 66.0 Å². The van der Waals surface area contributed by atoms with Crippen LogP contribution in [0.1, 0.15) is 23.1 Å². The highest BCUT2D eigenvalue weighted by molar-refractivity contribution is 5.82. The molecule has 2 atom stereocenters. The number of nitrogens with zero attached hydrogens (tertiary/aromatic N) is 5. The van der Waals surface area contributed by atoms with Crippen molar-refractivity contribution in [3.63, 3.8) is 0 Å². The molecule has 1 aromatic carbocycles. The molecule has 1 unspecified atom stereocenters. The zero-order valence-corrected chi connectivity index (χ0v) is 17.8. The van der Waals surface area contributed by atoms with Crippen LogP contribution >= 0.6 is 0 Å². The van der Waals surface area contributed by atoms with Crippen molar-refractivity contribution in [2.75, 3.05) is 33.3 Å². The Kier molecular flexibility index (Phi) is 5.50. The number of benzene rings is 1. The van der Waals surface area contributed by atoms with Gasteiger partial charge in [0.15, 0.2) is 0 Å². The molecule has 0 bridgehead atoms. The van der Waals surface area contributed by atoms with Crippen molar-refractivity contribution in [2.45, 2.75) is 12.3 Å². The molecule has 2 N–H and O–H groups in total. The molecule has 8 nitrogen and oxygen atoms in total. The first-order chi connectivity index (χ1) is 15.2. The Morgan fingerprint density at radius 1 is 1.10 bits per heavy atom. The number of hydrogen-bond donors (Lipinski definition) is 2. The number of aryl methyl sites for hydroxylation is 1. The van der Waals surface area contributed by atoms with E-state index in [1.807, 2.05) is 24.1 Å². The fourth-order valence-electron chi connectivity index (χ4n) is 4.15. The molecular formula is C23H27N7O. The monoisotopic (exact) mass is 417 g/mol. The Balaban J connectivity index is 1.41. The molecule has 2 aliphatic heterocycles. The van der Waals surface area contributed by atoms with E-state index in [1.165, 1.54) is 0 Å². The van der Waals surface area contributed by atoms with Crippen LogP contribution in [0.2, 0.25) is 0 Å². The predicted molar refractivity (Wildman–Crippen MR) is 120 cm³/mol. The van der Waals surface area contributed by atoms with Crippen molar-refractivity contribution in [2.24, 2.45) is 7.05 Å². The fraction of sp³-hybridized carbons (Fsp3) is 0.348. The summed E-state index contributed by atoms with van der Waals surface area (Å²) in [5.41, 5.74) is 6.32. The zero-order valence-electron chi connectivity index (χ0n) is 17.8. The first kappa shape index (κ1) is 19.9. The summed E-state index contributed by atoms with van der Waals surface area (Å²) in [5, 5.41) is 11.3. The Morgan fingerprint density at radius 3 is 2.65 bits per heavy atom. The maximum atomic E-state index is 5.86. The Bertz CT molecular complexity index is 1070. The summed E-state index contributed by atoms with van der Waals surface area (Å²) in [4.78, 5) is 11.4. The number of hydrogen-bond acceptors (Lipinski definition) is 7. The van der Waals surface area contributed by atoms with E-state index in [4.69, 9.17) is 4.74 Å². The minimum atomic E-state index is -0.0766. The number of morpholine rings is 1.